The molecule has 82 valence electrons. The van der Waals surface area contributed by atoms with Crippen LogP contribution in [0.2, 0.25) is 0 Å². The summed E-state index contributed by atoms with van der Waals surface area (Å²) in [7, 11) is 0. The van der Waals surface area contributed by atoms with Crippen molar-refractivity contribution in [2.45, 2.75) is 6.42 Å². The molecule has 0 amide bonds. The second kappa shape index (κ2) is 4.10. The molecule has 1 fully saturated rings. The minimum absolute atomic E-state index is 0.778. The number of rotatable bonds is 3. The SMILES string of the molecule is c1ccc(-c2[nH]ncc2CC2CNC2)cc1. The molecule has 1 saturated heterocycles. The van der Waals surface area contributed by atoms with Crippen molar-refractivity contribution in [3.05, 3.63) is 42.1 Å². The number of H-pyrrole nitrogens is 1. The third kappa shape index (κ3) is 1.74. The summed E-state index contributed by atoms with van der Waals surface area (Å²) < 4.78 is 0. The van der Waals surface area contributed by atoms with Gasteiger partial charge >= 0.3 is 0 Å². The molecule has 0 radical (unpaired) electrons. The van der Waals surface area contributed by atoms with Gasteiger partial charge in [-0.3, -0.25) is 5.10 Å². The van der Waals surface area contributed by atoms with Gasteiger partial charge in [0.2, 0.25) is 0 Å². The maximum Gasteiger partial charge on any atom is 0.0682 e. The molecular weight excluding hydrogens is 198 g/mol. The lowest BCUT2D eigenvalue weighted by molar-refractivity contribution is 0.347. The van der Waals surface area contributed by atoms with Gasteiger partial charge in [-0.2, -0.15) is 5.10 Å². The standard InChI is InChI=1S/C13H15N3/c1-2-4-11(5-3-1)13-12(9-15-16-13)6-10-7-14-8-10/h1-5,9-10,14H,6-8H2,(H,15,16). The molecule has 3 heteroatoms. The topological polar surface area (TPSA) is 40.7 Å². The van der Waals surface area contributed by atoms with E-state index < -0.39 is 0 Å². The molecule has 0 saturated carbocycles. The van der Waals surface area contributed by atoms with Crippen LogP contribution in [0.25, 0.3) is 11.3 Å². The zero-order chi connectivity index (χ0) is 10.8. The highest BCUT2D eigenvalue weighted by Crippen LogP contribution is 2.23. The number of nitrogens with one attached hydrogen (secondary N) is 2. The molecule has 0 bridgehead atoms. The first-order valence-corrected chi connectivity index (χ1v) is 5.72. The summed E-state index contributed by atoms with van der Waals surface area (Å²) >= 11 is 0. The zero-order valence-electron chi connectivity index (χ0n) is 9.11. The van der Waals surface area contributed by atoms with Crippen molar-refractivity contribution in [2.75, 3.05) is 13.1 Å². The van der Waals surface area contributed by atoms with Gasteiger partial charge in [-0.15, -0.1) is 0 Å². The van der Waals surface area contributed by atoms with Crippen LogP contribution in [0.15, 0.2) is 36.5 Å². The molecule has 16 heavy (non-hydrogen) atoms. The molecule has 2 aromatic rings. The van der Waals surface area contributed by atoms with E-state index >= 15 is 0 Å². The number of aromatic amines is 1. The van der Waals surface area contributed by atoms with E-state index in [9.17, 15) is 0 Å². The summed E-state index contributed by atoms with van der Waals surface area (Å²) in [6.07, 6.45) is 3.08. The van der Waals surface area contributed by atoms with Crippen LogP contribution in [0, 0.1) is 5.92 Å². The molecule has 2 N–H and O–H groups in total. The van der Waals surface area contributed by atoms with E-state index in [2.05, 4.69) is 39.8 Å². The first-order valence-electron chi connectivity index (χ1n) is 5.72. The summed E-state index contributed by atoms with van der Waals surface area (Å²) in [5, 5.41) is 10.6. The molecule has 1 aromatic heterocycles. The number of hydrogen-bond donors (Lipinski definition) is 2. The van der Waals surface area contributed by atoms with Crippen LogP contribution in [0.3, 0.4) is 0 Å². The van der Waals surface area contributed by atoms with Crippen LogP contribution in [0.4, 0.5) is 0 Å². The van der Waals surface area contributed by atoms with Crippen molar-refractivity contribution in [3.63, 3.8) is 0 Å². The van der Waals surface area contributed by atoms with Gasteiger partial charge in [0, 0.05) is 0 Å². The van der Waals surface area contributed by atoms with Crippen molar-refractivity contribution in [3.8, 4) is 11.3 Å². The van der Waals surface area contributed by atoms with Gasteiger partial charge in [0.25, 0.3) is 0 Å². The van der Waals surface area contributed by atoms with Gasteiger partial charge in [-0.05, 0) is 36.6 Å². The minimum Gasteiger partial charge on any atom is -0.316 e. The van der Waals surface area contributed by atoms with E-state index in [1.54, 1.807) is 0 Å². The third-order valence-corrected chi connectivity index (χ3v) is 3.15. The Morgan fingerprint density at radius 3 is 2.69 bits per heavy atom. The minimum atomic E-state index is 0.778. The fourth-order valence-electron chi connectivity index (χ4n) is 2.12. The van der Waals surface area contributed by atoms with Crippen molar-refractivity contribution in [2.24, 2.45) is 5.92 Å². The van der Waals surface area contributed by atoms with Gasteiger partial charge in [0.15, 0.2) is 0 Å². The van der Waals surface area contributed by atoms with Crippen LogP contribution >= 0.6 is 0 Å². The Morgan fingerprint density at radius 1 is 1.19 bits per heavy atom. The summed E-state index contributed by atoms with van der Waals surface area (Å²) in [5.74, 6) is 0.778. The summed E-state index contributed by atoms with van der Waals surface area (Å²) in [6.45, 7) is 2.28. The fourth-order valence-corrected chi connectivity index (χ4v) is 2.12. The Morgan fingerprint density at radius 2 is 2.00 bits per heavy atom. The summed E-state index contributed by atoms with van der Waals surface area (Å²) in [4.78, 5) is 0. The van der Waals surface area contributed by atoms with Crippen LogP contribution < -0.4 is 5.32 Å². The first-order chi connectivity index (χ1) is 7.93. The highest BCUT2D eigenvalue weighted by molar-refractivity contribution is 5.62. The molecule has 1 aliphatic rings. The summed E-state index contributed by atoms with van der Waals surface area (Å²) in [6, 6.07) is 10.4. The molecule has 0 aliphatic carbocycles. The predicted molar refractivity (Wildman–Crippen MR) is 64.1 cm³/mol. The molecular formula is C13H15N3. The monoisotopic (exact) mass is 213 g/mol. The van der Waals surface area contributed by atoms with Crippen molar-refractivity contribution < 1.29 is 0 Å². The van der Waals surface area contributed by atoms with E-state index in [1.807, 2.05) is 12.3 Å². The second-order valence-corrected chi connectivity index (χ2v) is 4.36. The summed E-state index contributed by atoms with van der Waals surface area (Å²) in [5.41, 5.74) is 3.73. The lowest BCUT2D eigenvalue weighted by Crippen LogP contribution is -2.43. The van der Waals surface area contributed by atoms with Gasteiger partial charge in [-0.1, -0.05) is 30.3 Å². The number of hydrogen-bond acceptors (Lipinski definition) is 2. The van der Waals surface area contributed by atoms with Crippen LogP contribution in [0.5, 0.6) is 0 Å². The molecule has 0 unspecified atom stereocenters. The predicted octanol–water partition coefficient (Wildman–Crippen LogP) is 1.84. The van der Waals surface area contributed by atoms with Gasteiger partial charge < -0.3 is 5.32 Å². The smallest absolute Gasteiger partial charge is 0.0682 e. The average molecular weight is 213 g/mol. The number of nitrogens with zero attached hydrogens (tertiary/aromatic N) is 1. The largest absolute Gasteiger partial charge is 0.316 e. The second-order valence-electron chi connectivity index (χ2n) is 4.36. The maximum atomic E-state index is 4.16. The number of aromatic nitrogens is 2. The van der Waals surface area contributed by atoms with E-state index in [-0.39, 0.29) is 0 Å². The highest BCUT2D eigenvalue weighted by Gasteiger charge is 2.19. The van der Waals surface area contributed by atoms with E-state index in [0.717, 1.165) is 25.4 Å². The third-order valence-electron chi connectivity index (χ3n) is 3.15. The highest BCUT2D eigenvalue weighted by atomic mass is 15.1. The lowest BCUT2D eigenvalue weighted by atomic mass is 9.93. The van der Waals surface area contributed by atoms with Crippen LogP contribution in [-0.2, 0) is 6.42 Å². The molecule has 0 atom stereocenters. The molecule has 1 aromatic carbocycles. The molecule has 1 aliphatic heterocycles. The van der Waals surface area contributed by atoms with Crippen LogP contribution in [-0.4, -0.2) is 23.3 Å². The Kier molecular flexibility index (Phi) is 2.46. The van der Waals surface area contributed by atoms with Crippen molar-refractivity contribution in [1.29, 1.82) is 0 Å². The molecule has 3 rings (SSSR count). The average Bonchev–Trinajstić information content (AvgIpc) is 2.73. The molecule has 3 nitrogen and oxygen atoms in total. The van der Waals surface area contributed by atoms with Gasteiger partial charge in [0.05, 0.1) is 11.9 Å². The fraction of sp³-hybridized carbons (Fsp3) is 0.308. The van der Waals surface area contributed by atoms with E-state index in [4.69, 9.17) is 0 Å². The Balaban J connectivity index is 1.87. The Labute approximate surface area is 94.9 Å². The first kappa shape index (κ1) is 9.60. The number of benzene rings is 1. The Hall–Kier alpha value is -1.61. The maximum absolute atomic E-state index is 4.16. The lowest BCUT2D eigenvalue weighted by Gasteiger charge is -2.26. The normalized spacial score (nSPS) is 16.0. The van der Waals surface area contributed by atoms with Crippen LogP contribution in [0.1, 0.15) is 5.56 Å². The Bertz CT molecular complexity index is 457. The van der Waals surface area contributed by atoms with Crippen molar-refractivity contribution >= 4 is 0 Å². The quantitative estimate of drug-likeness (QED) is 0.816. The van der Waals surface area contributed by atoms with E-state index in [0.29, 0.717) is 0 Å². The molecule has 2 heterocycles. The van der Waals surface area contributed by atoms with Gasteiger partial charge in [-0.25, -0.2) is 0 Å². The van der Waals surface area contributed by atoms with Gasteiger partial charge in [0.1, 0.15) is 0 Å². The molecule has 0 spiro atoms. The van der Waals surface area contributed by atoms with Crippen molar-refractivity contribution in [1.82, 2.24) is 15.5 Å². The zero-order valence-corrected chi connectivity index (χ0v) is 9.11. The van der Waals surface area contributed by atoms with E-state index in [1.165, 1.54) is 16.8 Å².